The number of benzene rings is 10. The van der Waals surface area contributed by atoms with Crippen LogP contribution in [0.3, 0.4) is 0 Å². The molecule has 0 radical (unpaired) electrons. The number of hydrogen-bond acceptors (Lipinski definition) is 2. The number of aromatic nitrogens is 2. The highest BCUT2D eigenvalue weighted by Gasteiger charge is 2.17. The summed E-state index contributed by atoms with van der Waals surface area (Å²) in [7, 11) is 0. The van der Waals surface area contributed by atoms with Crippen molar-refractivity contribution in [2.24, 2.45) is 0 Å². The van der Waals surface area contributed by atoms with Crippen LogP contribution in [0.2, 0.25) is 0 Å². The highest BCUT2D eigenvalue weighted by atomic mass is 16.3. The lowest BCUT2D eigenvalue weighted by Crippen LogP contribution is -1.95. The third kappa shape index (κ3) is 5.23. The van der Waals surface area contributed by atoms with Crippen LogP contribution in [0.1, 0.15) is 0 Å². The second-order valence-corrected chi connectivity index (χ2v) is 16.9. The molecule has 0 bridgehead atoms. The number of hydrogen-bond donors (Lipinski definition) is 0. The zero-order valence-electron chi connectivity index (χ0n) is 34.5. The van der Waals surface area contributed by atoms with Crippen LogP contribution in [0.5, 0.6) is 0 Å². The molecule has 64 heavy (non-hydrogen) atoms. The van der Waals surface area contributed by atoms with Gasteiger partial charge in [-0.1, -0.05) is 121 Å². The molecule has 14 aromatic rings. The van der Waals surface area contributed by atoms with Crippen molar-refractivity contribution in [3.63, 3.8) is 0 Å². The summed E-state index contributed by atoms with van der Waals surface area (Å²) >= 11 is 0. The molecule has 4 nitrogen and oxygen atoms in total. The van der Waals surface area contributed by atoms with E-state index in [1.165, 1.54) is 77.0 Å². The van der Waals surface area contributed by atoms with E-state index >= 15 is 0 Å². The Hall–Kier alpha value is -8.60. The highest BCUT2D eigenvalue weighted by molar-refractivity contribution is 6.13. The van der Waals surface area contributed by atoms with Gasteiger partial charge in [0.2, 0.25) is 0 Å². The lowest BCUT2D eigenvalue weighted by atomic mass is 10.0. The summed E-state index contributed by atoms with van der Waals surface area (Å²) in [5.41, 5.74) is 17.7. The van der Waals surface area contributed by atoms with Crippen molar-refractivity contribution in [3.05, 3.63) is 218 Å². The fourth-order valence-electron chi connectivity index (χ4n) is 10.3. The average molecular weight is 817 g/mol. The second-order valence-electron chi connectivity index (χ2n) is 16.9. The van der Waals surface area contributed by atoms with Gasteiger partial charge in [0.15, 0.2) is 0 Å². The number of furan rings is 2. The normalized spacial score (nSPS) is 12.1. The van der Waals surface area contributed by atoms with E-state index in [2.05, 4.69) is 203 Å². The van der Waals surface area contributed by atoms with E-state index in [4.69, 9.17) is 8.83 Å². The minimum absolute atomic E-state index is 0.912. The Kier molecular flexibility index (Phi) is 7.36. The van der Waals surface area contributed by atoms with Gasteiger partial charge in [-0.05, 0) is 130 Å². The first kappa shape index (κ1) is 35.0. The molecule has 0 aliphatic rings. The molecule has 0 atom stereocenters. The molecule has 0 fully saturated rings. The molecule has 10 aromatic carbocycles. The maximum atomic E-state index is 6.13. The van der Waals surface area contributed by atoms with E-state index in [0.717, 1.165) is 55.3 Å². The van der Waals surface area contributed by atoms with Crippen LogP contribution in [0, 0.1) is 0 Å². The van der Waals surface area contributed by atoms with Gasteiger partial charge in [-0.15, -0.1) is 0 Å². The molecule has 0 N–H and O–H groups in total. The van der Waals surface area contributed by atoms with Crippen LogP contribution in [0.4, 0.5) is 0 Å². The van der Waals surface area contributed by atoms with Crippen LogP contribution >= 0.6 is 0 Å². The molecule has 4 heteroatoms. The molecule has 0 unspecified atom stereocenters. The number of para-hydroxylation sites is 4. The van der Waals surface area contributed by atoms with Gasteiger partial charge in [0.25, 0.3) is 0 Å². The molecule has 4 heterocycles. The summed E-state index contributed by atoms with van der Waals surface area (Å²) in [6, 6.07) is 78.7. The number of nitrogens with zero attached hydrogens (tertiary/aromatic N) is 2. The highest BCUT2D eigenvalue weighted by Crippen LogP contribution is 2.40. The van der Waals surface area contributed by atoms with Crippen molar-refractivity contribution in [2.45, 2.75) is 0 Å². The Morgan fingerprint density at radius 2 is 0.531 bits per heavy atom. The first-order valence-corrected chi connectivity index (χ1v) is 21.8. The van der Waals surface area contributed by atoms with Gasteiger partial charge in [-0.2, -0.15) is 0 Å². The third-order valence-corrected chi connectivity index (χ3v) is 13.3. The molecule has 0 aliphatic heterocycles. The maximum Gasteiger partial charge on any atom is 0.135 e. The molecule has 298 valence electrons. The summed E-state index contributed by atoms with van der Waals surface area (Å²) < 4.78 is 17.0. The summed E-state index contributed by atoms with van der Waals surface area (Å²) in [6.45, 7) is 0. The van der Waals surface area contributed by atoms with E-state index < -0.39 is 0 Å². The Bertz CT molecular complexity index is 3900. The summed E-state index contributed by atoms with van der Waals surface area (Å²) in [5, 5.41) is 9.50. The lowest BCUT2D eigenvalue weighted by molar-refractivity contribution is 0.668. The maximum absolute atomic E-state index is 6.13. The van der Waals surface area contributed by atoms with Crippen molar-refractivity contribution < 1.29 is 8.83 Å². The number of rotatable bonds is 5. The van der Waals surface area contributed by atoms with Gasteiger partial charge < -0.3 is 18.0 Å². The predicted octanol–water partition coefficient (Wildman–Crippen LogP) is 16.7. The summed E-state index contributed by atoms with van der Waals surface area (Å²) in [5.74, 6) is 0. The molecule has 0 amide bonds. The van der Waals surface area contributed by atoms with Crippen molar-refractivity contribution in [1.29, 1.82) is 0 Å². The molecule has 0 aliphatic carbocycles. The standard InChI is InChI=1S/C60H36N2O2/c1-5-13-53-45(9-1)49-33-39(41-23-31-59-51(35-41)47-11-3-7-15-57(47)63-59)21-29-55(49)61(53)43-25-17-37(18-26-43)38-19-27-44(28-20-38)62-54-14-6-2-10-46(54)50-34-40(22-30-56(50)62)42-24-32-60-52(36-42)48-12-4-8-16-58(48)64-60/h1-36H. The van der Waals surface area contributed by atoms with Crippen LogP contribution in [-0.2, 0) is 0 Å². The van der Waals surface area contributed by atoms with Gasteiger partial charge in [0.05, 0.1) is 22.1 Å². The Labute approximate surface area is 367 Å². The molecular formula is C60H36N2O2. The van der Waals surface area contributed by atoms with Crippen LogP contribution in [0.15, 0.2) is 227 Å². The molecule has 0 saturated heterocycles. The lowest BCUT2D eigenvalue weighted by Gasteiger charge is -2.11. The van der Waals surface area contributed by atoms with Crippen molar-refractivity contribution in [1.82, 2.24) is 9.13 Å². The third-order valence-electron chi connectivity index (χ3n) is 13.3. The van der Waals surface area contributed by atoms with Gasteiger partial charge in [0, 0.05) is 54.5 Å². The number of fused-ring (bicyclic) bond motifs is 12. The van der Waals surface area contributed by atoms with Gasteiger partial charge in [0.1, 0.15) is 22.3 Å². The summed E-state index contributed by atoms with van der Waals surface area (Å²) in [6.07, 6.45) is 0. The zero-order valence-corrected chi connectivity index (χ0v) is 34.5. The Morgan fingerprint density at radius 1 is 0.219 bits per heavy atom. The monoisotopic (exact) mass is 816 g/mol. The molecular weight excluding hydrogens is 781 g/mol. The summed E-state index contributed by atoms with van der Waals surface area (Å²) in [4.78, 5) is 0. The Balaban J connectivity index is 0.798. The van der Waals surface area contributed by atoms with Crippen molar-refractivity contribution in [2.75, 3.05) is 0 Å². The first-order valence-electron chi connectivity index (χ1n) is 21.8. The van der Waals surface area contributed by atoms with Crippen LogP contribution in [0.25, 0.3) is 132 Å². The minimum Gasteiger partial charge on any atom is -0.456 e. The second kappa shape index (κ2) is 13.4. The quantitative estimate of drug-likeness (QED) is 0.173. The zero-order chi connectivity index (χ0) is 41.9. The topological polar surface area (TPSA) is 36.1 Å². The van der Waals surface area contributed by atoms with E-state index in [0.29, 0.717) is 0 Å². The largest absolute Gasteiger partial charge is 0.456 e. The molecule has 4 aromatic heterocycles. The van der Waals surface area contributed by atoms with E-state index in [-0.39, 0.29) is 0 Å². The van der Waals surface area contributed by atoms with Gasteiger partial charge in [-0.3, -0.25) is 0 Å². The van der Waals surface area contributed by atoms with Crippen LogP contribution in [-0.4, -0.2) is 9.13 Å². The first-order chi connectivity index (χ1) is 31.7. The van der Waals surface area contributed by atoms with E-state index in [1.54, 1.807) is 0 Å². The van der Waals surface area contributed by atoms with E-state index in [9.17, 15) is 0 Å². The predicted molar refractivity (Wildman–Crippen MR) is 266 cm³/mol. The van der Waals surface area contributed by atoms with Gasteiger partial charge >= 0.3 is 0 Å². The SMILES string of the molecule is c1ccc2c(c1)oc1ccc(-c3ccc4c(c3)c3ccccc3n4-c3ccc(-c4ccc(-n5c6ccccc6c6cc(-c7ccc8oc9ccccc9c8c7)ccc65)cc4)cc3)cc12. The molecule has 0 spiro atoms. The van der Waals surface area contributed by atoms with Crippen LogP contribution < -0.4 is 0 Å². The Morgan fingerprint density at radius 3 is 0.969 bits per heavy atom. The van der Waals surface area contributed by atoms with Crippen molar-refractivity contribution in [3.8, 4) is 44.8 Å². The van der Waals surface area contributed by atoms with Gasteiger partial charge in [-0.25, -0.2) is 0 Å². The molecule has 0 saturated carbocycles. The van der Waals surface area contributed by atoms with Crippen molar-refractivity contribution >= 4 is 87.5 Å². The minimum atomic E-state index is 0.912. The smallest absolute Gasteiger partial charge is 0.135 e. The fourth-order valence-corrected chi connectivity index (χ4v) is 10.3. The van der Waals surface area contributed by atoms with E-state index in [1.807, 2.05) is 24.3 Å². The molecule has 14 rings (SSSR count). The fraction of sp³-hybridized carbons (Fsp3) is 0. The average Bonchev–Trinajstić information content (AvgIpc) is 4.11.